The van der Waals surface area contributed by atoms with Crippen molar-refractivity contribution >= 4 is 17.2 Å². The summed E-state index contributed by atoms with van der Waals surface area (Å²) in [5, 5.41) is 0.769. The van der Waals surface area contributed by atoms with E-state index in [1.807, 2.05) is 6.07 Å². The topological polar surface area (TPSA) is 30.0 Å². The Balaban J connectivity index is 2.81. The molecule has 0 unspecified atom stereocenters. The average Bonchev–Trinajstić information content (AvgIpc) is 2.17. The first-order chi connectivity index (χ1) is 6.31. The van der Waals surface area contributed by atoms with E-state index < -0.39 is 5.95 Å². The fraction of sp³-hybridized carbons (Fsp3) is 0. The van der Waals surface area contributed by atoms with E-state index in [2.05, 4.69) is 4.98 Å². The van der Waals surface area contributed by atoms with Crippen LogP contribution in [0.3, 0.4) is 0 Å². The summed E-state index contributed by atoms with van der Waals surface area (Å²) < 4.78 is 13.0. The molecule has 2 nitrogen and oxygen atoms in total. The van der Waals surface area contributed by atoms with Crippen molar-refractivity contribution in [1.82, 2.24) is 4.98 Å². The summed E-state index contributed by atoms with van der Waals surface area (Å²) in [7, 11) is 0. The number of carbonyl (C=O) groups is 1. The Morgan fingerprint density at radius 2 is 2.08 bits per heavy atom. The van der Waals surface area contributed by atoms with Gasteiger partial charge >= 0.3 is 0 Å². The van der Waals surface area contributed by atoms with Crippen molar-refractivity contribution in [2.24, 2.45) is 0 Å². The molecule has 0 radical (unpaired) electrons. The van der Waals surface area contributed by atoms with Gasteiger partial charge in [-0.05, 0) is 12.1 Å². The van der Waals surface area contributed by atoms with Gasteiger partial charge in [0.1, 0.15) is 0 Å². The molecule has 3 heteroatoms. The zero-order chi connectivity index (χ0) is 9.26. The fourth-order valence-electron chi connectivity index (χ4n) is 1.19. The maximum absolute atomic E-state index is 13.0. The molecule has 0 amide bonds. The van der Waals surface area contributed by atoms with Crippen molar-refractivity contribution in [3.63, 3.8) is 0 Å². The average molecular weight is 175 g/mol. The summed E-state index contributed by atoms with van der Waals surface area (Å²) in [6, 6.07) is 8.57. The van der Waals surface area contributed by atoms with Gasteiger partial charge in [-0.25, -0.2) is 4.98 Å². The smallest absolute Gasteiger partial charge is 0.224 e. The van der Waals surface area contributed by atoms with Gasteiger partial charge in [0.2, 0.25) is 5.95 Å². The molecule has 0 bridgehead atoms. The lowest BCUT2D eigenvalue weighted by atomic mass is 10.2. The first kappa shape index (κ1) is 7.86. The van der Waals surface area contributed by atoms with Crippen molar-refractivity contribution in [3.05, 3.63) is 41.8 Å². The molecule has 2 aromatic rings. The molecule has 0 saturated heterocycles. The summed E-state index contributed by atoms with van der Waals surface area (Å²) in [4.78, 5) is 14.0. The van der Waals surface area contributed by atoms with Gasteiger partial charge in [0.05, 0.1) is 11.1 Å². The molecular weight excluding hydrogens is 169 g/mol. The van der Waals surface area contributed by atoms with Crippen LogP contribution in [-0.2, 0) is 0 Å². The molecule has 64 valence electrons. The third-order valence-electron chi connectivity index (χ3n) is 1.83. The molecule has 1 heterocycles. The maximum Gasteiger partial charge on any atom is 0.224 e. The highest BCUT2D eigenvalue weighted by atomic mass is 19.1. The Morgan fingerprint density at radius 3 is 2.85 bits per heavy atom. The molecule has 2 rings (SSSR count). The summed E-state index contributed by atoms with van der Waals surface area (Å²) in [5.74, 6) is -0.714. The molecular formula is C10H6FNO. The number of carbonyl (C=O) groups excluding carboxylic acids is 1. The SMILES string of the molecule is O=Cc1cc2ccccc2nc1F. The van der Waals surface area contributed by atoms with E-state index in [9.17, 15) is 9.18 Å². The zero-order valence-electron chi connectivity index (χ0n) is 6.70. The molecule has 0 saturated carbocycles. The minimum Gasteiger partial charge on any atom is -0.298 e. The van der Waals surface area contributed by atoms with Crippen LogP contribution in [0.5, 0.6) is 0 Å². The van der Waals surface area contributed by atoms with Crippen molar-refractivity contribution in [2.45, 2.75) is 0 Å². The quantitative estimate of drug-likeness (QED) is 0.491. The van der Waals surface area contributed by atoms with Crippen molar-refractivity contribution < 1.29 is 9.18 Å². The second kappa shape index (κ2) is 2.94. The van der Waals surface area contributed by atoms with Gasteiger partial charge in [-0.15, -0.1) is 0 Å². The minimum atomic E-state index is -0.714. The van der Waals surface area contributed by atoms with Crippen LogP contribution < -0.4 is 0 Å². The predicted octanol–water partition coefficient (Wildman–Crippen LogP) is 2.19. The number of hydrogen-bond acceptors (Lipinski definition) is 2. The van der Waals surface area contributed by atoms with Crippen LogP contribution in [0.1, 0.15) is 10.4 Å². The lowest BCUT2D eigenvalue weighted by Crippen LogP contribution is -1.92. The number of aldehydes is 1. The lowest BCUT2D eigenvalue weighted by Gasteiger charge is -1.98. The van der Waals surface area contributed by atoms with Crippen LogP contribution >= 0.6 is 0 Å². The molecule has 1 aromatic carbocycles. The lowest BCUT2D eigenvalue weighted by molar-refractivity contribution is 0.111. The molecule has 0 spiro atoms. The number of rotatable bonds is 1. The second-order valence-corrected chi connectivity index (χ2v) is 2.68. The molecule has 0 atom stereocenters. The maximum atomic E-state index is 13.0. The number of fused-ring (bicyclic) bond motifs is 1. The molecule has 1 aromatic heterocycles. The van der Waals surface area contributed by atoms with Gasteiger partial charge in [-0.3, -0.25) is 4.79 Å². The first-order valence-corrected chi connectivity index (χ1v) is 3.82. The number of pyridine rings is 1. The van der Waals surface area contributed by atoms with Gasteiger partial charge in [0, 0.05) is 5.39 Å². The third-order valence-corrected chi connectivity index (χ3v) is 1.83. The molecule has 0 fully saturated rings. The molecule has 0 aliphatic carbocycles. The monoisotopic (exact) mass is 175 g/mol. The van der Waals surface area contributed by atoms with Crippen LogP contribution in [0, 0.1) is 5.95 Å². The summed E-state index contributed by atoms with van der Waals surface area (Å²) >= 11 is 0. The molecule has 0 aliphatic heterocycles. The van der Waals surface area contributed by atoms with Crippen LogP contribution in [0.25, 0.3) is 10.9 Å². The van der Waals surface area contributed by atoms with E-state index in [4.69, 9.17) is 0 Å². The van der Waals surface area contributed by atoms with Gasteiger partial charge in [-0.1, -0.05) is 18.2 Å². The summed E-state index contributed by atoms with van der Waals surface area (Å²) in [5.41, 5.74) is 0.560. The molecule has 0 aliphatic rings. The summed E-state index contributed by atoms with van der Waals surface area (Å²) in [6.45, 7) is 0. The van der Waals surface area contributed by atoms with Gasteiger partial charge in [-0.2, -0.15) is 4.39 Å². The first-order valence-electron chi connectivity index (χ1n) is 3.82. The number of aromatic nitrogens is 1. The normalized spacial score (nSPS) is 10.2. The Morgan fingerprint density at radius 1 is 1.31 bits per heavy atom. The zero-order valence-corrected chi connectivity index (χ0v) is 6.70. The highest BCUT2D eigenvalue weighted by molar-refractivity contribution is 5.85. The highest BCUT2D eigenvalue weighted by Gasteiger charge is 2.03. The van der Waals surface area contributed by atoms with Gasteiger partial charge in [0.25, 0.3) is 0 Å². The fourth-order valence-corrected chi connectivity index (χ4v) is 1.19. The van der Waals surface area contributed by atoms with E-state index in [-0.39, 0.29) is 5.56 Å². The van der Waals surface area contributed by atoms with Crippen LogP contribution in [0.15, 0.2) is 30.3 Å². The van der Waals surface area contributed by atoms with E-state index in [0.29, 0.717) is 11.8 Å². The van der Waals surface area contributed by atoms with E-state index in [1.54, 1.807) is 18.2 Å². The highest BCUT2D eigenvalue weighted by Crippen LogP contribution is 2.13. The number of nitrogens with zero attached hydrogens (tertiary/aromatic N) is 1. The Bertz CT molecular complexity index is 467. The Hall–Kier alpha value is -1.77. The third kappa shape index (κ3) is 1.28. The number of benzene rings is 1. The molecule has 13 heavy (non-hydrogen) atoms. The van der Waals surface area contributed by atoms with Crippen molar-refractivity contribution in [2.75, 3.05) is 0 Å². The van der Waals surface area contributed by atoms with Crippen LogP contribution in [-0.4, -0.2) is 11.3 Å². The van der Waals surface area contributed by atoms with E-state index in [1.165, 1.54) is 6.07 Å². The second-order valence-electron chi connectivity index (χ2n) is 2.68. The van der Waals surface area contributed by atoms with Crippen molar-refractivity contribution in [1.29, 1.82) is 0 Å². The van der Waals surface area contributed by atoms with Crippen molar-refractivity contribution in [3.8, 4) is 0 Å². The Kier molecular flexibility index (Phi) is 1.77. The van der Waals surface area contributed by atoms with Gasteiger partial charge < -0.3 is 0 Å². The Labute approximate surface area is 74.0 Å². The van der Waals surface area contributed by atoms with Crippen LogP contribution in [0.4, 0.5) is 4.39 Å². The standard InChI is InChI=1S/C10H6FNO/c11-10-8(6-13)5-7-3-1-2-4-9(7)12-10/h1-6H. The predicted molar refractivity (Wildman–Crippen MR) is 47.1 cm³/mol. The number of para-hydroxylation sites is 1. The van der Waals surface area contributed by atoms with Gasteiger partial charge in [0.15, 0.2) is 6.29 Å². The van der Waals surface area contributed by atoms with E-state index >= 15 is 0 Å². The minimum absolute atomic E-state index is 0.00120. The molecule has 0 N–H and O–H groups in total. The van der Waals surface area contributed by atoms with Crippen LogP contribution in [0.2, 0.25) is 0 Å². The summed E-state index contributed by atoms with van der Waals surface area (Å²) in [6.07, 6.45) is 0.467. The number of hydrogen-bond donors (Lipinski definition) is 0. The number of halogens is 1. The van der Waals surface area contributed by atoms with E-state index in [0.717, 1.165) is 5.39 Å². The largest absolute Gasteiger partial charge is 0.298 e.